The van der Waals surface area contributed by atoms with Gasteiger partial charge in [-0.05, 0) is 13.3 Å². The second kappa shape index (κ2) is 6.35. The molecule has 1 rings (SSSR count). The van der Waals surface area contributed by atoms with Crippen molar-refractivity contribution in [3.63, 3.8) is 0 Å². The predicted molar refractivity (Wildman–Crippen MR) is 67.7 cm³/mol. The van der Waals surface area contributed by atoms with Crippen molar-refractivity contribution in [1.82, 2.24) is 5.32 Å². The van der Waals surface area contributed by atoms with E-state index in [0.29, 0.717) is 11.6 Å². The number of carbonyl (C=O) groups excluding carboxylic acids is 1. The van der Waals surface area contributed by atoms with E-state index in [-0.39, 0.29) is 18.3 Å². The number of nitrogens with one attached hydrogen (secondary N) is 1. The summed E-state index contributed by atoms with van der Waals surface area (Å²) in [6.45, 7) is 4.56. The molecule has 0 spiro atoms. The van der Waals surface area contributed by atoms with Crippen LogP contribution in [0.5, 0.6) is 0 Å². The molecular formula is C9H18ClN3OS. The van der Waals surface area contributed by atoms with E-state index in [4.69, 9.17) is 5.73 Å². The Kier molecular flexibility index (Phi) is 6.24. The lowest BCUT2D eigenvalue weighted by Crippen LogP contribution is -2.52. The lowest BCUT2D eigenvalue weighted by atomic mass is 9.97. The van der Waals surface area contributed by atoms with Gasteiger partial charge in [0.2, 0.25) is 5.91 Å². The maximum absolute atomic E-state index is 11.7. The van der Waals surface area contributed by atoms with E-state index in [2.05, 4.69) is 10.3 Å². The molecule has 0 saturated heterocycles. The number of hydrogen-bond acceptors (Lipinski definition) is 4. The van der Waals surface area contributed by atoms with Gasteiger partial charge < -0.3 is 11.1 Å². The van der Waals surface area contributed by atoms with Gasteiger partial charge in [0, 0.05) is 5.75 Å². The summed E-state index contributed by atoms with van der Waals surface area (Å²) in [5.41, 5.74) is 5.10. The molecule has 3 N–H and O–H groups in total. The highest BCUT2D eigenvalue weighted by Crippen LogP contribution is 2.12. The molecule has 1 aliphatic rings. The molecule has 0 aromatic rings. The third-order valence-corrected chi connectivity index (χ3v) is 2.99. The minimum absolute atomic E-state index is 0. The van der Waals surface area contributed by atoms with Crippen LogP contribution in [0.4, 0.5) is 0 Å². The van der Waals surface area contributed by atoms with Crippen molar-refractivity contribution in [1.29, 1.82) is 0 Å². The molecule has 1 heterocycles. The van der Waals surface area contributed by atoms with Crippen molar-refractivity contribution in [3.05, 3.63) is 0 Å². The number of amidine groups is 1. The van der Waals surface area contributed by atoms with Crippen LogP contribution in [0, 0.1) is 0 Å². The molecule has 1 amide bonds. The summed E-state index contributed by atoms with van der Waals surface area (Å²) in [4.78, 5) is 15.8. The maximum Gasteiger partial charge on any atom is 0.245 e. The smallest absolute Gasteiger partial charge is 0.245 e. The SMILES string of the molecule is CCCC(C)(N)C(=O)NC1=NCCS1.Cl. The Bertz CT molecular complexity index is 256. The summed E-state index contributed by atoms with van der Waals surface area (Å²) in [7, 11) is 0. The van der Waals surface area contributed by atoms with E-state index in [9.17, 15) is 4.79 Å². The van der Waals surface area contributed by atoms with E-state index in [0.717, 1.165) is 18.7 Å². The largest absolute Gasteiger partial charge is 0.318 e. The zero-order valence-corrected chi connectivity index (χ0v) is 10.7. The van der Waals surface area contributed by atoms with Crippen LogP contribution < -0.4 is 11.1 Å². The van der Waals surface area contributed by atoms with Crippen LogP contribution in [0.15, 0.2) is 4.99 Å². The zero-order chi connectivity index (χ0) is 10.6. The second-order valence-electron chi connectivity index (χ2n) is 3.66. The van der Waals surface area contributed by atoms with Gasteiger partial charge in [-0.15, -0.1) is 12.4 Å². The molecule has 0 bridgehead atoms. The second-order valence-corrected chi connectivity index (χ2v) is 4.74. The minimum Gasteiger partial charge on any atom is -0.318 e. The first-order chi connectivity index (χ1) is 6.56. The predicted octanol–water partition coefficient (Wildman–Crippen LogP) is 1.14. The van der Waals surface area contributed by atoms with Gasteiger partial charge in [-0.1, -0.05) is 25.1 Å². The summed E-state index contributed by atoms with van der Waals surface area (Å²) in [6, 6.07) is 0. The topological polar surface area (TPSA) is 67.5 Å². The van der Waals surface area contributed by atoms with Crippen molar-refractivity contribution in [2.45, 2.75) is 32.2 Å². The van der Waals surface area contributed by atoms with Crippen molar-refractivity contribution in [2.75, 3.05) is 12.3 Å². The number of aliphatic imine (C=N–C) groups is 1. The van der Waals surface area contributed by atoms with E-state index >= 15 is 0 Å². The molecule has 0 aromatic heterocycles. The number of amides is 1. The molecule has 0 fully saturated rings. The van der Waals surface area contributed by atoms with Crippen molar-refractivity contribution in [2.24, 2.45) is 10.7 Å². The van der Waals surface area contributed by atoms with Gasteiger partial charge in [0.15, 0.2) is 5.17 Å². The summed E-state index contributed by atoms with van der Waals surface area (Å²) >= 11 is 1.57. The van der Waals surface area contributed by atoms with E-state index in [1.165, 1.54) is 0 Å². The van der Waals surface area contributed by atoms with Crippen LogP contribution in [-0.2, 0) is 4.79 Å². The Morgan fingerprint density at radius 2 is 2.40 bits per heavy atom. The first-order valence-electron chi connectivity index (χ1n) is 4.84. The Balaban J connectivity index is 0.00000196. The molecule has 0 radical (unpaired) electrons. The quantitative estimate of drug-likeness (QED) is 0.791. The summed E-state index contributed by atoms with van der Waals surface area (Å²) in [6.07, 6.45) is 1.59. The molecule has 1 aliphatic heterocycles. The molecule has 1 atom stereocenters. The van der Waals surface area contributed by atoms with E-state index < -0.39 is 5.54 Å². The fourth-order valence-electron chi connectivity index (χ4n) is 1.28. The van der Waals surface area contributed by atoms with Gasteiger partial charge in [0.05, 0.1) is 12.1 Å². The highest BCUT2D eigenvalue weighted by molar-refractivity contribution is 8.14. The molecule has 0 aromatic carbocycles. The average Bonchev–Trinajstić information content (AvgIpc) is 2.56. The number of nitrogens with two attached hydrogens (primary N) is 1. The molecule has 0 saturated carbocycles. The molecule has 88 valence electrons. The van der Waals surface area contributed by atoms with Crippen LogP contribution in [0.1, 0.15) is 26.7 Å². The van der Waals surface area contributed by atoms with Gasteiger partial charge in [0.1, 0.15) is 0 Å². The van der Waals surface area contributed by atoms with Gasteiger partial charge in [-0.2, -0.15) is 0 Å². The number of nitrogens with zero attached hydrogens (tertiary/aromatic N) is 1. The monoisotopic (exact) mass is 251 g/mol. The van der Waals surface area contributed by atoms with Crippen molar-refractivity contribution in [3.8, 4) is 0 Å². The first-order valence-corrected chi connectivity index (χ1v) is 5.82. The van der Waals surface area contributed by atoms with Gasteiger partial charge in [0.25, 0.3) is 0 Å². The molecule has 15 heavy (non-hydrogen) atoms. The average molecular weight is 252 g/mol. The normalized spacial score (nSPS) is 18.7. The number of thioether (sulfide) groups is 1. The number of rotatable bonds is 3. The molecule has 0 aliphatic carbocycles. The van der Waals surface area contributed by atoms with Crippen LogP contribution >= 0.6 is 24.2 Å². The van der Waals surface area contributed by atoms with Gasteiger partial charge in [-0.25, -0.2) is 0 Å². The van der Waals surface area contributed by atoms with Crippen LogP contribution in [-0.4, -0.2) is 28.9 Å². The first kappa shape index (κ1) is 14.7. The molecule has 1 unspecified atom stereocenters. The summed E-state index contributed by atoms with van der Waals surface area (Å²) in [5, 5.41) is 3.46. The number of halogens is 1. The minimum atomic E-state index is -0.777. The Hall–Kier alpha value is -0.260. The van der Waals surface area contributed by atoms with E-state index in [1.54, 1.807) is 18.7 Å². The Labute approximate surface area is 101 Å². The third-order valence-electron chi connectivity index (χ3n) is 2.09. The number of hydrogen-bond donors (Lipinski definition) is 2. The lowest BCUT2D eigenvalue weighted by Gasteiger charge is -2.22. The van der Waals surface area contributed by atoms with Crippen LogP contribution in [0.3, 0.4) is 0 Å². The summed E-state index contributed by atoms with van der Waals surface area (Å²) in [5.74, 6) is 0.817. The van der Waals surface area contributed by atoms with Crippen LogP contribution in [0.2, 0.25) is 0 Å². The molecule has 4 nitrogen and oxygen atoms in total. The Morgan fingerprint density at radius 1 is 1.73 bits per heavy atom. The zero-order valence-electron chi connectivity index (χ0n) is 9.08. The van der Waals surface area contributed by atoms with Crippen molar-refractivity contribution < 1.29 is 4.79 Å². The van der Waals surface area contributed by atoms with Crippen LogP contribution in [0.25, 0.3) is 0 Å². The van der Waals surface area contributed by atoms with Gasteiger partial charge >= 0.3 is 0 Å². The number of carbonyl (C=O) groups is 1. The highest BCUT2D eigenvalue weighted by Gasteiger charge is 2.28. The van der Waals surface area contributed by atoms with E-state index in [1.807, 2.05) is 6.92 Å². The third kappa shape index (κ3) is 4.40. The lowest BCUT2D eigenvalue weighted by molar-refractivity contribution is -0.124. The molecule has 6 heteroatoms. The standard InChI is InChI=1S/C9H17N3OS.ClH/c1-3-4-9(2,10)7(13)12-8-11-5-6-14-8;/h3-6,10H2,1-2H3,(H,11,12,13);1H. The fourth-order valence-corrected chi connectivity index (χ4v) is 2.01. The van der Waals surface area contributed by atoms with Crippen molar-refractivity contribution >= 4 is 35.2 Å². The Morgan fingerprint density at radius 3 is 2.87 bits per heavy atom. The highest BCUT2D eigenvalue weighted by atomic mass is 35.5. The molecular weight excluding hydrogens is 234 g/mol. The summed E-state index contributed by atoms with van der Waals surface area (Å²) < 4.78 is 0. The van der Waals surface area contributed by atoms with Gasteiger partial charge in [-0.3, -0.25) is 9.79 Å². The fraction of sp³-hybridized carbons (Fsp3) is 0.778. The maximum atomic E-state index is 11.7.